The third-order valence-corrected chi connectivity index (χ3v) is 12.5. The van der Waals surface area contributed by atoms with Crippen LogP contribution in [0.1, 0.15) is 93.4 Å². The van der Waals surface area contributed by atoms with Crippen molar-refractivity contribution in [3.05, 3.63) is 64.7 Å². The Bertz CT molecular complexity index is 1670. The van der Waals surface area contributed by atoms with Crippen LogP contribution in [0.15, 0.2) is 42.5 Å². The summed E-state index contributed by atoms with van der Waals surface area (Å²) in [6.07, 6.45) is 7.99. The Morgan fingerprint density at radius 1 is 1.06 bits per heavy atom. The fourth-order valence-corrected chi connectivity index (χ4v) is 10.1. The topological polar surface area (TPSA) is 79.3 Å². The van der Waals surface area contributed by atoms with Crippen molar-refractivity contribution in [3.8, 4) is 11.5 Å². The highest BCUT2D eigenvalue weighted by Gasteiger charge is 2.73. The predicted octanol–water partition coefficient (Wildman–Crippen LogP) is 6.69. The number of halogens is 3. The van der Waals surface area contributed by atoms with Crippen molar-refractivity contribution in [2.75, 3.05) is 19.6 Å². The molecule has 1 saturated heterocycles. The molecule has 1 spiro atoms. The summed E-state index contributed by atoms with van der Waals surface area (Å²) >= 11 is 0. The normalized spacial score (nSPS) is 30.9. The number of alkyl halides is 3. The van der Waals surface area contributed by atoms with Crippen LogP contribution in [0.5, 0.6) is 11.5 Å². The third kappa shape index (κ3) is 5.57. The Labute approximate surface area is 285 Å². The minimum Gasteiger partial charge on any atom is -0.483 e. The van der Waals surface area contributed by atoms with Gasteiger partial charge in [-0.1, -0.05) is 37.5 Å². The molecule has 6 aliphatic rings. The molecule has 2 heterocycles. The standard InChI is InChI=1S/C39H45F3N2O5/c1-24(45)48-31-14-13-28-21-32-38(47)17-16-30(36-37(38,34(28)35(31)49-36)18-19-43(32)22-27-10-11-27)44(23-26-6-3-2-4-7-26)33(46)15-12-25-8-5-9-29(20-25)39(40,41)42/h5,8-9,12-15,20,26-27,30,32,36,47H,2-4,6-7,10-11,16-19,21-23H2,1H3/t30-,32+,36-,37-,38+/m0/s1. The van der Waals surface area contributed by atoms with Crippen LogP contribution < -0.4 is 9.47 Å². The first kappa shape index (κ1) is 32.8. The molecular weight excluding hydrogens is 633 g/mol. The zero-order chi connectivity index (χ0) is 34.1. The van der Waals surface area contributed by atoms with Gasteiger partial charge in [-0.3, -0.25) is 14.5 Å². The van der Waals surface area contributed by atoms with Gasteiger partial charge in [-0.05, 0) is 105 Å². The van der Waals surface area contributed by atoms with Gasteiger partial charge in [-0.25, -0.2) is 0 Å². The van der Waals surface area contributed by atoms with Crippen LogP contribution in [-0.2, 0) is 27.6 Å². The minimum absolute atomic E-state index is 0.0878. The van der Waals surface area contributed by atoms with Crippen molar-refractivity contribution in [2.45, 2.75) is 113 Å². The van der Waals surface area contributed by atoms with E-state index in [1.165, 1.54) is 44.4 Å². The van der Waals surface area contributed by atoms with Crippen molar-refractivity contribution >= 4 is 18.0 Å². The smallest absolute Gasteiger partial charge is 0.416 e. The van der Waals surface area contributed by atoms with Gasteiger partial charge in [0.25, 0.3) is 0 Å². The molecule has 2 bridgehead atoms. The lowest BCUT2D eigenvalue weighted by Crippen LogP contribution is -2.78. The van der Waals surface area contributed by atoms with E-state index in [0.717, 1.165) is 62.0 Å². The first-order valence-corrected chi connectivity index (χ1v) is 18.1. The fraction of sp³-hybridized carbons (Fsp3) is 0.590. The summed E-state index contributed by atoms with van der Waals surface area (Å²) in [6.45, 7) is 3.65. The summed E-state index contributed by atoms with van der Waals surface area (Å²) in [6, 6.07) is 8.34. The number of ether oxygens (including phenoxy) is 2. The average molecular weight is 679 g/mol. The van der Waals surface area contributed by atoms with Crippen molar-refractivity contribution in [3.63, 3.8) is 0 Å². The summed E-state index contributed by atoms with van der Waals surface area (Å²) in [7, 11) is 0. The SMILES string of the molecule is CC(=O)Oc1ccc2c3c1O[C@H]1[C@@H](N(CC4CCCCC4)C(=O)C=Cc4cccc(C(F)(F)F)c4)CC[C@@]4(O)[C@@H](C2)N(CC2CC2)CC[C@]314. The van der Waals surface area contributed by atoms with Gasteiger partial charge >= 0.3 is 12.1 Å². The molecule has 49 heavy (non-hydrogen) atoms. The van der Waals surface area contributed by atoms with Crippen LogP contribution in [0.25, 0.3) is 6.08 Å². The van der Waals surface area contributed by atoms with Gasteiger partial charge in [-0.2, -0.15) is 13.2 Å². The van der Waals surface area contributed by atoms with E-state index in [1.54, 1.807) is 12.1 Å². The number of rotatable bonds is 8. The number of piperidine rings is 1. The molecule has 0 unspecified atom stereocenters. The summed E-state index contributed by atoms with van der Waals surface area (Å²) < 4.78 is 53.0. The van der Waals surface area contributed by atoms with E-state index in [9.17, 15) is 27.9 Å². The van der Waals surface area contributed by atoms with Crippen LogP contribution in [0.2, 0.25) is 0 Å². The molecule has 0 aromatic heterocycles. The highest BCUT2D eigenvalue weighted by Crippen LogP contribution is 2.66. The number of nitrogens with zero attached hydrogens (tertiary/aromatic N) is 2. The number of aliphatic hydroxyl groups is 1. The van der Waals surface area contributed by atoms with Gasteiger partial charge in [-0.15, -0.1) is 0 Å². The van der Waals surface area contributed by atoms with Crippen LogP contribution in [-0.4, -0.2) is 70.2 Å². The number of esters is 1. The molecule has 0 radical (unpaired) electrons. The molecule has 1 N–H and O–H groups in total. The predicted molar refractivity (Wildman–Crippen MR) is 177 cm³/mol. The Kier molecular flexibility index (Phi) is 8.13. The highest BCUT2D eigenvalue weighted by atomic mass is 19.4. The van der Waals surface area contributed by atoms with Crippen LogP contribution in [0.3, 0.4) is 0 Å². The second-order valence-corrected chi connectivity index (χ2v) is 15.4. The summed E-state index contributed by atoms with van der Waals surface area (Å²) in [5, 5.41) is 13.1. The molecule has 7 nitrogen and oxygen atoms in total. The van der Waals surface area contributed by atoms with E-state index in [0.29, 0.717) is 61.1 Å². The molecule has 4 aliphatic carbocycles. The highest BCUT2D eigenvalue weighted by molar-refractivity contribution is 5.92. The summed E-state index contributed by atoms with van der Waals surface area (Å²) in [5.41, 5.74) is -0.328. The zero-order valence-corrected chi connectivity index (χ0v) is 28.0. The van der Waals surface area contributed by atoms with Crippen molar-refractivity contribution in [1.82, 2.24) is 9.80 Å². The molecule has 5 atom stereocenters. The lowest BCUT2D eigenvalue weighted by atomic mass is 9.48. The molecule has 262 valence electrons. The first-order valence-electron chi connectivity index (χ1n) is 18.1. The quantitative estimate of drug-likeness (QED) is 0.191. The van der Waals surface area contributed by atoms with E-state index in [-0.39, 0.29) is 18.0 Å². The van der Waals surface area contributed by atoms with E-state index >= 15 is 0 Å². The van der Waals surface area contributed by atoms with Crippen LogP contribution in [0, 0.1) is 11.8 Å². The van der Waals surface area contributed by atoms with E-state index in [1.807, 2.05) is 11.0 Å². The largest absolute Gasteiger partial charge is 0.483 e. The molecular formula is C39H45F3N2O5. The number of benzene rings is 2. The summed E-state index contributed by atoms with van der Waals surface area (Å²) in [5.74, 6) is 1.08. The Morgan fingerprint density at radius 3 is 2.59 bits per heavy atom. The maximum absolute atomic E-state index is 14.4. The van der Waals surface area contributed by atoms with Crippen LogP contribution >= 0.6 is 0 Å². The molecule has 8 rings (SSSR count). The Morgan fingerprint density at radius 2 is 1.86 bits per heavy atom. The molecule has 2 aromatic carbocycles. The van der Waals surface area contributed by atoms with E-state index in [4.69, 9.17) is 9.47 Å². The van der Waals surface area contributed by atoms with Gasteiger partial charge in [0.2, 0.25) is 5.91 Å². The second-order valence-electron chi connectivity index (χ2n) is 15.4. The third-order valence-electron chi connectivity index (χ3n) is 12.5. The number of hydrogen-bond donors (Lipinski definition) is 1. The van der Waals surface area contributed by atoms with E-state index < -0.39 is 34.8 Å². The molecule has 2 aliphatic heterocycles. The van der Waals surface area contributed by atoms with Gasteiger partial charge in [0.05, 0.1) is 22.6 Å². The van der Waals surface area contributed by atoms with Crippen molar-refractivity contribution < 1.29 is 37.3 Å². The van der Waals surface area contributed by atoms with Gasteiger partial charge in [0.1, 0.15) is 6.10 Å². The zero-order valence-electron chi connectivity index (χ0n) is 28.0. The van der Waals surface area contributed by atoms with Crippen molar-refractivity contribution in [1.29, 1.82) is 0 Å². The summed E-state index contributed by atoms with van der Waals surface area (Å²) in [4.78, 5) is 31.0. The minimum atomic E-state index is -4.48. The maximum atomic E-state index is 14.4. The number of carbonyl (C=O) groups is 2. The van der Waals surface area contributed by atoms with Gasteiger partial charge < -0.3 is 19.5 Å². The first-order chi connectivity index (χ1) is 23.5. The number of amides is 1. The number of hydrogen-bond acceptors (Lipinski definition) is 6. The Hall–Kier alpha value is -3.37. The molecule has 3 saturated carbocycles. The monoisotopic (exact) mass is 678 g/mol. The Balaban J connectivity index is 1.19. The number of carbonyl (C=O) groups excluding carboxylic acids is 2. The second kappa shape index (κ2) is 12.1. The lowest BCUT2D eigenvalue weighted by molar-refractivity contribution is -0.201. The molecule has 1 amide bonds. The lowest BCUT2D eigenvalue weighted by Gasteiger charge is -2.65. The van der Waals surface area contributed by atoms with Crippen molar-refractivity contribution in [2.24, 2.45) is 11.8 Å². The van der Waals surface area contributed by atoms with Crippen LogP contribution in [0.4, 0.5) is 13.2 Å². The molecule has 10 heteroatoms. The fourth-order valence-electron chi connectivity index (χ4n) is 10.1. The molecule has 2 aromatic rings. The van der Waals surface area contributed by atoms with Gasteiger partial charge in [0.15, 0.2) is 11.5 Å². The van der Waals surface area contributed by atoms with E-state index in [2.05, 4.69) is 4.90 Å². The molecule has 4 fully saturated rings. The van der Waals surface area contributed by atoms with Gasteiger partial charge in [0, 0.05) is 37.7 Å². The number of likely N-dealkylation sites (tertiary alicyclic amines) is 1. The average Bonchev–Trinajstić information content (AvgIpc) is 3.82. The maximum Gasteiger partial charge on any atom is 0.416 e.